The molecule has 2 N–H and O–H groups in total. The fraction of sp³-hybridized carbons (Fsp3) is 0.421. The number of halogens is 4. The zero-order valence-corrected chi connectivity index (χ0v) is 17.0. The van der Waals surface area contributed by atoms with Crippen LogP contribution in [0.25, 0.3) is 0 Å². The zero-order valence-electron chi connectivity index (χ0n) is 16.3. The number of alkyl halides is 3. The van der Waals surface area contributed by atoms with E-state index in [0.717, 1.165) is 10.9 Å². The van der Waals surface area contributed by atoms with E-state index in [2.05, 4.69) is 5.10 Å². The minimum atomic E-state index is -4.55. The molecule has 0 aliphatic carbocycles. The molecule has 1 fully saturated rings. The molecular formula is C19H20ClF3N4O4. The summed E-state index contributed by atoms with van der Waals surface area (Å²) in [6, 6.07) is 6.55. The van der Waals surface area contributed by atoms with E-state index in [1.807, 2.05) is 0 Å². The van der Waals surface area contributed by atoms with Crippen molar-refractivity contribution in [3.63, 3.8) is 0 Å². The lowest BCUT2D eigenvalue weighted by molar-refractivity contribution is -0.162. The first-order valence-corrected chi connectivity index (χ1v) is 9.62. The standard InChI is InChI=1S/C19H20ClF3N4O4/c20-14-1-3-15(4-2-14)30-12-18(7-16(24)28)11-26(5-6-31-18)17(29)10-27-9-13(8-25-27)19(21,22)23/h1-4,8-9H,5-7,10-12H2,(H2,24,28). The third kappa shape index (κ3) is 6.11. The monoisotopic (exact) mass is 460 g/mol. The number of carbonyl (C=O) groups excluding carboxylic acids is 2. The van der Waals surface area contributed by atoms with E-state index in [1.165, 1.54) is 4.90 Å². The highest BCUT2D eigenvalue weighted by Crippen LogP contribution is 2.29. The maximum atomic E-state index is 12.7. The average Bonchev–Trinajstić information content (AvgIpc) is 3.16. The summed E-state index contributed by atoms with van der Waals surface area (Å²) in [5.74, 6) is -0.632. The summed E-state index contributed by atoms with van der Waals surface area (Å²) in [7, 11) is 0. The SMILES string of the molecule is NC(=O)CC1(COc2ccc(Cl)cc2)CN(C(=O)Cn2cc(C(F)(F)F)cn2)CCO1. The number of hydrogen-bond donors (Lipinski definition) is 1. The Morgan fingerprint density at radius 1 is 1.29 bits per heavy atom. The Kier molecular flexibility index (Phi) is 6.75. The molecule has 0 spiro atoms. The van der Waals surface area contributed by atoms with Crippen molar-refractivity contribution in [1.29, 1.82) is 0 Å². The maximum Gasteiger partial charge on any atom is 0.419 e. The first-order chi connectivity index (χ1) is 14.6. The van der Waals surface area contributed by atoms with Gasteiger partial charge in [-0.3, -0.25) is 14.3 Å². The molecule has 2 amide bonds. The lowest BCUT2D eigenvalue weighted by atomic mass is 9.97. The zero-order chi connectivity index (χ0) is 22.6. The van der Waals surface area contributed by atoms with Crippen LogP contribution in [0.1, 0.15) is 12.0 Å². The highest BCUT2D eigenvalue weighted by atomic mass is 35.5. The molecule has 0 bridgehead atoms. The molecule has 3 rings (SSSR count). The molecule has 1 aliphatic rings. The fourth-order valence-corrected chi connectivity index (χ4v) is 3.33. The maximum absolute atomic E-state index is 12.7. The second-order valence-electron chi connectivity index (χ2n) is 7.16. The Morgan fingerprint density at radius 3 is 2.61 bits per heavy atom. The number of benzene rings is 1. The van der Waals surface area contributed by atoms with Crippen molar-refractivity contribution in [1.82, 2.24) is 14.7 Å². The van der Waals surface area contributed by atoms with Gasteiger partial charge in [0.15, 0.2) is 0 Å². The van der Waals surface area contributed by atoms with Gasteiger partial charge in [0.2, 0.25) is 11.8 Å². The smallest absolute Gasteiger partial charge is 0.419 e. The van der Waals surface area contributed by atoms with Crippen LogP contribution in [0.2, 0.25) is 5.02 Å². The molecule has 1 saturated heterocycles. The molecule has 0 radical (unpaired) electrons. The Hall–Kier alpha value is -2.79. The van der Waals surface area contributed by atoms with Crippen molar-refractivity contribution in [3.05, 3.63) is 47.2 Å². The van der Waals surface area contributed by atoms with Crippen LogP contribution >= 0.6 is 11.6 Å². The molecular weight excluding hydrogens is 441 g/mol. The van der Waals surface area contributed by atoms with Gasteiger partial charge in [-0.05, 0) is 24.3 Å². The van der Waals surface area contributed by atoms with Crippen LogP contribution < -0.4 is 10.5 Å². The van der Waals surface area contributed by atoms with Crippen LogP contribution in [0.5, 0.6) is 5.75 Å². The minimum Gasteiger partial charge on any atom is -0.490 e. The molecule has 1 aliphatic heterocycles. The number of ether oxygens (including phenoxy) is 2. The normalized spacial score (nSPS) is 19.3. The summed E-state index contributed by atoms with van der Waals surface area (Å²) in [5, 5.41) is 4.12. The van der Waals surface area contributed by atoms with Crippen molar-refractivity contribution in [2.75, 3.05) is 26.3 Å². The lowest BCUT2D eigenvalue weighted by Gasteiger charge is -2.42. The van der Waals surface area contributed by atoms with Crippen molar-refractivity contribution >= 4 is 23.4 Å². The van der Waals surface area contributed by atoms with E-state index in [0.29, 0.717) is 17.0 Å². The van der Waals surface area contributed by atoms with Gasteiger partial charge in [-0.1, -0.05) is 11.6 Å². The number of amides is 2. The van der Waals surface area contributed by atoms with Crippen LogP contribution in [-0.4, -0.2) is 58.4 Å². The second kappa shape index (κ2) is 9.15. The van der Waals surface area contributed by atoms with Crippen molar-refractivity contribution in [3.8, 4) is 5.75 Å². The number of hydrogen-bond acceptors (Lipinski definition) is 5. The second-order valence-corrected chi connectivity index (χ2v) is 7.59. The van der Waals surface area contributed by atoms with Gasteiger partial charge in [-0.15, -0.1) is 0 Å². The highest BCUT2D eigenvalue weighted by Gasteiger charge is 2.41. The Bertz CT molecular complexity index is 935. The van der Waals surface area contributed by atoms with Gasteiger partial charge >= 0.3 is 6.18 Å². The van der Waals surface area contributed by atoms with Gasteiger partial charge in [0.05, 0.1) is 31.3 Å². The minimum absolute atomic E-state index is 0.0181. The summed E-state index contributed by atoms with van der Waals surface area (Å²) in [5.41, 5.74) is 3.23. The van der Waals surface area contributed by atoms with Gasteiger partial charge < -0.3 is 20.1 Å². The quantitative estimate of drug-likeness (QED) is 0.682. The Morgan fingerprint density at radius 2 is 2.00 bits per heavy atom. The number of rotatable bonds is 7. The number of aromatic nitrogens is 2. The van der Waals surface area contributed by atoms with E-state index in [-0.39, 0.29) is 39.3 Å². The van der Waals surface area contributed by atoms with E-state index in [1.54, 1.807) is 24.3 Å². The molecule has 168 valence electrons. The molecule has 2 aromatic rings. The van der Waals surface area contributed by atoms with E-state index in [4.69, 9.17) is 26.8 Å². The first kappa shape index (κ1) is 22.9. The van der Waals surface area contributed by atoms with E-state index < -0.39 is 29.2 Å². The highest BCUT2D eigenvalue weighted by molar-refractivity contribution is 6.30. The third-order valence-corrected chi connectivity index (χ3v) is 4.92. The molecule has 8 nitrogen and oxygen atoms in total. The predicted octanol–water partition coefficient (Wildman–Crippen LogP) is 2.11. The third-order valence-electron chi connectivity index (χ3n) is 4.67. The molecule has 31 heavy (non-hydrogen) atoms. The summed E-state index contributed by atoms with van der Waals surface area (Å²) in [4.78, 5) is 25.7. The molecule has 12 heteroatoms. The summed E-state index contributed by atoms with van der Waals surface area (Å²) >= 11 is 5.85. The van der Waals surface area contributed by atoms with Crippen LogP contribution in [0.3, 0.4) is 0 Å². The molecule has 0 saturated carbocycles. The Balaban J connectivity index is 1.68. The van der Waals surface area contributed by atoms with Crippen LogP contribution in [0, 0.1) is 0 Å². The van der Waals surface area contributed by atoms with Gasteiger partial charge in [0.1, 0.15) is 24.5 Å². The van der Waals surface area contributed by atoms with Crippen molar-refractivity contribution in [2.24, 2.45) is 5.73 Å². The number of carbonyl (C=O) groups is 2. The van der Waals surface area contributed by atoms with Crippen molar-refractivity contribution < 1.29 is 32.2 Å². The van der Waals surface area contributed by atoms with Crippen LogP contribution in [-0.2, 0) is 27.0 Å². The molecule has 2 heterocycles. The van der Waals surface area contributed by atoms with E-state index in [9.17, 15) is 22.8 Å². The van der Waals surface area contributed by atoms with Gasteiger partial charge in [0, 0.05) is 17.8 Å². The molecule has 1 aromatic carbocycles. The van der Waals surface area contributed by atoms with Gasteiger partial charge in [-0.2, -0.15) is 18.3 Å². The van der Waals surface area contributed by atoms with Crippen molar-refractivity contribution in [2.45, 2.75) is 24.7 Å². The Labute approximate surface area is 180 Å². The molecule has 1 atom stereocenters. The van der Waals surface area contributed by atoms with Gasteiger partial charge in [0.25, 0.3) is 0 Å². The van der Waals surface area contributed by atoms with Crippen LogP contribution in [0.15, 0.2) is 36.7 Å². The summed E-state index contributed by atoms with van der Waals surface area (Å²) in [6.07, 6.45) is -3.33. The summed E-state index contributed by atoms with van der Waals surface area (Å²) < 4.78 is 50.6. The number of morpholine rings is 1. The predicted molar refractivity (Wildman–Crippen MR) is 103 cm³/mol. The molecule has 1 unspecified atom stereocenters. The number of nitrogens with two attached hydrogens (primary N) is 1. The first-order valence-electron chi connectivity index (χ1n) is 9.24. The fourth-order valence-electron chi connectivity index (χ4n) is 3.20. The largest absolute Gasteiger partial charge is 0.490 e. The average molecular weight is 461 g/mol. The number of primary amides is 1. The lowest BCUT2D eigenvalue weighted by Crippen LogP contribution is -2.58. The topological polar surface area (TPSA) is 99.7 Å². The van der Waals surface area contributed by atoms with E-state index >= 15 is 0 Å². The molecule has 1 aromatic heterocycles. The summed E-state index contributed by atoms with van der Waals surface area (Å²) in [6.45, 7) is -0.165. The van der Waals surface area contributed by atoms with Crippen LogP contribution in [0.4, 0.5) is 13.2 Å². The van der Waals surface area contributed by atoms with Gasteiger partial charge in [-0.25, -0.2) is 0 Å². The number of nitrogens with zero attached hydrogens (tertiary/aromatic N) is 3.